The molecule has 2 rings (SSSR count). The maximum Gasteiger partial charge on any atom is 0.245 e. The number of hydrogen-bond acceptors (Lipinski definition) is 8. The van der Waals surface area contributed by atoms with Crippen molar-refractivity contribution in [3.8, 4) is 11.8 Å². The number of aliphatic hydroxyl groups excluding tert-OH is 1. The van der Waals surface area contributed by atoms with Gasteiger partial charge in [0, 0.05) is 24.8 Å². The number of aliphatic hydroxyl groups is 1. The van der Waals surface area contributed by atoms with E-state index in [0.717, 1.165) is 17.3 Å². The number of methoxy groups -OCH3 is 1. The first-order valence-electron chi connectivity index (χ1n) is 6.06. The smallest absolute Gasteiger partial charge is 0.245 e. The second-order valence-corrected chi connectivity index (χ2v) is 4.57. The Hall–Kier alpha value is -1.77. The highest BCUT2D eigenvalue weighted by molar-refractivity contribution is 6.99. The molecule has 0 aliphatic heterocycles. The summed E-state index contributed by atoms with van der Waals surface area (Å²) < 4.78 is 18.1. The lowest BCUT2D eigenvalue weighted by molar-refractivity contribution is 0.104. The van der Waals surface area contributed by atoms with E-state index in [1.54, 1.807) is 13.3 Å². The largest absolute Gasteiger partial charge is 0.481 e. The highest BCUT2D eigenvalue weighted by Gasteiger charge is 2.08. The number of ether oxygens (including phenoxy) is 2. The molecule has 7 nitrogen and oxygen atoms in total. The number of nitrogens with zero attached hydrogens (tertiary/aromatic N) is 3. The molecule has 1 atom stereocenters. The molecule has 0 fully saturated rings. The van der Waals surface area contributed by atoms with Gasteiger partial charge in [-0.25, -0.2) is 4.98 Å². The molecule has 1 unspecified atom stereocenters. The molecule has 0 bridgehead atoms. The molecular formula is C12H16N4O3S. The fraction of sp³-hybridized carbons (Fsp3) is 0.417. The first-order valence-corrected chi connectivity index (χ1v) is 6.79. The summed E-state index contributed by atoms with van der Waals surface area (Å²) in [5, 5.41) is 12.9. The Morgan fingerprint density at radius 2 is 2.40 bits per heavy atom. The van der Waals surface area contributed by atoms with Crippen LogP contribution in [0.4, 0.5) is 0 Å². The van der Waals surface area contributed by atoms with Gasteiger partial charge in [0.2, 0.25) is 11.8 Å². The Bertz CT molecular complexity index is 509. The van der Waals surface area contributed by atoms with Crippen LogP contribution in [0.5, 0.6) is 11.8 Å². The molecule has 0 spiro atoms. The molecule has 0 aliphatic rings. The summed E-state index contributed by atoms with van der Waals surface area (Å²) in [5.41, 5.74) is 0.937. The van der Waals surface area contributed by atoms with E-state index in [0.29, 0.717) is 24.8 Å². The molecule has 2 heterocycles. The lowest BCUT2D eigenvalue weighted by Gasteiger charge is -2.12. The van der Waals surface area contributed by atoms with Gasteiger partial charge < -0.3 is 19.9 Å². The zero-order chi connectivity index (χ0) is 14.2. The summed E-state index contributed by atoms with van der Waals surface area (Å²) in [6.45, 7) is 1.13. The van der Waals surface area contributed by atoms with Crippen LogP contribution < -0.4 is 14.8 Å². The Morgan fingerprint density at radius 1 is 1.50 bits per heavy atom. The molecular weight excluding hydrogens is 280 g/mol. The van der Waals surface area contributed by atoms with Crippen LogP contribution in [-0.4, -0.2) is 45.2 Å². The summed E-state index contributed by atoms with van der Waals surface area (Å²) in [6.07, 6.45) is 2.57. The van der Waals surface area contributed by atoms with Crippen molar-refractivity contribution in [1.82, 2.24) is 19.0 Å². The summed E-state index contributed by atoms with van der Waals surface area (Å²) in [7, 11) is 1.58. The first-order chi connectivity index (χ1) is 9.79. The van der Waals surface area contributed by atoms with E-state index < -0.39 is 6.10 Å². The fourth-order valence-corrected chi connectivity index (χ4v) is 1.94. The summed E-state index contributed by atoms with van der Waals surface area (Å²) >= 11 is 1.07. The van der Waals surface area contributed by atoms with Crippen LogP contribution in [0.3, 0.4) is 0 Å². The molecule has 8 heteroatoms. The molecule has 0 aromatic carbocycles. The van der Waals surface area contributed by atoms with Crippen molar-refractivity contribution in [2.24, 2.45) is 0 Å². The lowest BCUT2D eigenvalue weighted by Crippen LogP contribution is -2.31. The second-order valence-electron chi connectivity index (χ2n) is 4.01. The van der Waals surface area contributed by atoms with Gasteiger partial charge in [-0.2, -0.15) is 4.37 Å². The van der Waals surface area contributed by atoms with E-state index in [-0.39, 0.29) is 6.61 Å². The molecule has 0 saturated carbocycles. The van der Waals surface area contributed by atoms with Crippen LogP contribution in [0.2, 0.25) is 0 Å². The van der Waals surface area contributed by atoms with E-state index in [1.807, 2.05) is 12.1 Å². The van der Waals surface area contributed by atoms with Gasteiger partial charge in [-0.3, -0.25) is 0 Å². The Labute approximate surface area is 120 Å². The summed E-state index contributed by atoms with van der Waals surface area (Å²) in [4.78, 5) is 4.10. The van der Waals surface area contributed by atoms with Crippen LogP contribution in [0.15, 0.2) is 24.5 Å². The Balaban J connectivity index is 1.69. The van der Waals surface area contributed by atoms with Crippen LogP contribution in [0, 0.1) is 0 Å². The number of rotatable bonds is 8. The van der Waals surface area contributed by atoms with Crippen molar-refractivity contribution < 1.29 is 14.6 Å². The standard InChI is InChI=1S/C12H16N4O3S/c1-18-12-9(3-2-4-14-12)5-13-6-10(17)8-19-11-7-15-20-16-11/h2-4,7,10,13,17H,5-6,8H2,1H3. The van der Waals surface area contributed by atoms with Gasteiger partial charge in [-0.15, -0.1) is 4.37 Å². The van der Waals surface area contributed by atoms with Crippen molar-refractivity contribution in [1.29, 1.82) is 0 Å². The summed E-state index contributed by atoms with van der Waals surface area (Å²) in [6, 6.07) is 3.76. The van der Waals surface area contributed by atoms with Gasteiger partial charge in [0.1, 0.15) is 18.9 Å². The fourth-order valence-electron chi connectivity index (χ4n) is 1.58. The Morgan fingerprint density at radius 3 is 3.15 bits per heavy atom. The highest BCUT2D eigenvalue weighted by atomic mass is 32.1. The van der Waals surface area contributed by atoms with Crippen molar-refractivity contribution in [3.63, 3.8) is 0 Å². The number of pyridine rings is 1. The van der Waals surface area contributed by atoms with Crippen LogP contribution in [-0.2, 0) is 6.54 Å². The van der Waals surface area contributed by atoms with Gasteiger partial charge in [-0.05, 0) is 6.07 Å². The molecule has 108 valence electrons. The maximum absolute atomic E-state index is 9.77. The zero-order valence-electron chi connectivity index (χ0n) is 11.0. The van der Waals surface area contributed by atoms with Gasteiger partial charge in [-0.1, -0.05) is 6.07 Å². The minimum absolute atomic E-state index is 0.169. The zero-order valence-corrected chi connectivity index (χ0v) is 11.8. The topological polar surface area (TPSA) is 89.4 Å². The third-order valence-electron chi connectivity index (χ3n) is 2.50. The molecule has 20 heavy (non-hydrogen) atoms. The number of hydrogen-bond donors (Lipinski definition) is 2. The molecule has 2 aromatic heterocycles. The Kier molecular flexibility index (Phi) is 5.66. The SMILES string of the molecule is COc1ncccc1CNCC(O)COc1cnsn1. The van der Waals surface area contributed by atoms with Crippen LogP contribution in [0.1, 0.15) is 5.56 Å². The normalized spacial score (nSPS) is 12.1. The van der Waals surface area contributed by atoms with Crippen molar-refractivity contribution in [3.05, 3.63) is 30.1 Å². The molecule has 0 aliphatic carbocycles. The quantitative estimate of drug-likeness (QED) is 0.732. The van der Waals surface area contributed by atoms with Gasteiger partial charge in [0.25, 0.3) is 0 Å². The third kappa shape index (κ3) is 4.41. The highest BCUT2D eigenvalue weighted by Crippen LogP contribution is 2.12. The van der Waals surface area contributed by atoms with E-state index in [4.69, 9.17) is 9.47 Å². The average Bonchev–Trinajstić information content (AvgIpc) is 2.99. The van der Waals surface area contributed by atoms with E-state index in [1.165, 1.54) is 6.20 Å². The summed E-state index contributed by atoms with van der Waals surface area (Å²) in [5.74, 6) is 1.02. The van der Waals surface area contributed by atoms with Gasteiger partial charge >= 0.3 is 0 Å². The second kappa shape index (κ2) is 7.73. The van der Waals surface area contributed by atoms with Crippen molar-refractivity contribution >= 4 is 11.7 Å². The van der Waals surface area contributed by atoms with Crippen molar-refractivity contribution in [2.45, 2.75) is 12.6 Å². The molecule has 2 N–H and O–H groups in total. The predicted molar refractivity (Wildman–Crippen MR) is 73.9 cm³/mol. The third-order valence-corrected chi connectivity index (χ3v) is 2.96. The molecule has 0 radical (unpaired) electrons. The average molecular weight is 296 g/mol. The molecule has 2 aromatic rings. The van der Waals surface area contributed by atoms with E-state index in [2.05, 4.69) is 19.0 Å². The lowest BCUT2D eigenvalue weighted by atomic mass is 10.2. The molecule has 0 saturated heterocycles. The van der Waals surface area contributed by atoms with E-state index in [9.17, 15) is 5.11 Å². The number of nitrogens with one attached hydrogen (secondary N) is 1. The first kappa shape index (κ1) is 14.6. The number of aromatic nitrogens is 3. The van der Waals surface area contributed by atoms with Crippen LogP contribution in [0.25, 0.3) is 0 Å². The van der Waals surface area contributed by atoms with Gasteiger partial charge in [0.05, 0.1) is 18.8 Å². The van der Waals surface area contributed by atoms with Gasteiger partial charge in [0.15, 0.2) is 0 Å². The van der Waals surface area contributed by atoms with E-state index >= 15 is 0 Å². The monoisotopic (exact) mass is 296 g/mol. The van der Waals surface area contributed by atoms with Crippen molar-refractivity contribution in [2.75, 3.05) is 20.3 Å². The van der Waals surface area contributed by atoms with Crippen LogP contribution >= 0.6 is 11.7 Å². The molecule has 0 amide bonds. The minimum Gasteiger partial charge on any atom is -0.481 e. The minimum atomic E-state index is -0.626. The predicted octanol–water partition coefficient (Wildman–Crippen LogP) is 0.471. The maximum atomic E-state index is 9.77.